The highest BCUT2D eigenvalue weighted by Crippen LogP contribution is 2.36. The quantitative estimate of drug-likeness (QED) is 0.884. The topological polar surface area (TPSA) is 20.2 Å². The third-order valence-corrected chi connectivity index (χ3v) is 4.90. The molecule has 0 amide bonds. The highest BCUT2D eigenvalue weighted by atomic mass is 32.1. The minimum atomic E-state index is -1.08. The number of aliphatic hydroxyl groups is 1. The number of thiophene rings is 1. The minimum Gasteiger partial charge on any atom is -0.383 e. The van der Waals surface area contributed by atoms with E-state index in [4.69, 9.17) is 0 Å². The van der Waals surface area contributed by atoms with E-state index in [0.717, 1.165) is 31.4 Å². The van der Waals surface area contributed by atoms with Gasteiger partial charge in [0.1, 0.15) is 17.7 Å². The lowest BCUT2D eigenvalue weighted by molar-refractivity contribution is 0.218. The van der Waals surface area contributed by atoms with Crippen molar-refractivity contribution in [1.29, 1.82) is 0 Å². The molecule has 0 fully saturated rings. The molecule has 1 aromatic heterocycles. The van der Waals surface area contributed by atoms with Crippen molar-refractivity contribution in [3.63, 3.8) is 0 Å². The third-order valence-electron chi connectivity index (χ3n) is 3.61. The van der Waals surface area contributed by atoms with Crippen molar-refractivity contribution in [2.24, 2.45) is 0 Å². The largest absolute Gasteiger partial charge is 0.383 e. The van der Waals surface area contributed by atoms with Gasteiger partial charge in [0.25, 0.3) is 0 Å². The number of fused-ring (bicyclic) bond motifs is 1. The Kier molecular flexibility index (Phi) is 3.15. The van der Waals surface area contributed by atoms with Crippen LogP contribution in [0.15, 0.2) is 18.2 Å². The van der Waals surface area contributed by atoms with E-state index in [-0.39, 0.29) is 11.1 Å². The Hall–Kier alpha value is -1.26. The smallest absolute Gasteiger partial charge is 0.129 e. The van der Waals surface area contributed by atoms with Crippen molar-refractivity contribution in [1.82, 2.24) is 0 Å². The van der Waals surface area contributed by atoms with Crippen LogP contribution in [-0.2, 0) is 12.8 Å². The number of benzene rings is 1. The average molecular weight is 280 g/mol. The molecule has 2 aromatic rings. The zero-order valence-corrected chi connectivity index (χ0v) is 11.4. The molecular formula is C15H14F2OS. The molecule has 1 aliphatic rings. The van der Waals surface area contributed by atoms with Crippen LogP contribution >= 0.6 is 11.3 Å². The van der Waals surface area contributed by atoms with Gasteiger partial charge in [0.2, 0.25) is 0 Å². The SMILES string of the molecule is Cc1cc(F)c(C(O)c2cc3c(s2)CCC3)cc1F. The third kappa shape index (κ3) is 2.19. The van der Waals surface area contributed by atoms with Gasteiger partial charge in [-0.05, 0) is 55.5 Å². The first-order valence-electron chi connectivity index (χ1n) is 6.31. The van der Waals surface area contributed by atoms with Crippen LogP contribution in [0.3, 0.4) is 0 Å². The Bertz CT molecular complexity index is 612. The molecule has 0 bridgehead atoms. The molecule has 1 aliphatic carbocycles. The second-order valence-electron chi connectivity index (χ2n) is 4.98. The molecule has 3 rings (SSSR count). The number of aliphatic hydroxyl groups excluding tert-OH is 1. The maximum Gasteiger partial charge on any atom is 0.129 e. The van der Waals surface area contributed by atoms with Crippen LogP contribution in [0.1, 0.15) is 39.0 Å². The summed E-state index contributed by atoms with van der Waals surface area (Å²) in [5.41, 5.74) is 1.51. The average Bonchev–Trinajstić information content (AvgIpc) is 2.93. The molecule has 0 aliphatic heterocycles. The van der Waals surface area contributed by atoms with E-state index in [0.29, 0.717) is 4.88 Å². The molecule has 1 atom stereocenters. The highest BCUT2D eigenvalue weighted by molar-refractivity contribution is 7.12. The number of aryl methyl sites for hydroxylation is 3. The Morgan fingerprint density at radius 2 is 1.95 bits per heavy atom. The van der Waals surface area contributed by atoms with Gasteiger partial charge in [-0.2, -0.15) is 0 Å². The summed E-state index contributed by atoms with van der Waals surface area (Å²) >= 11 is 1.50. The van der Waals surface area contributed by atoms with Gasteiger partial charge in [0, 0.05) is 15.3 Å². The zero-order valence-electron chi connectivity index (χ0n) is 10.5. The summed E-state index contributed by atoms with van der Waals surface area (Å²) in [5.74, 6) is -1.04. The number of rotatable bonds is 2. The van der Waals surface area contributed by atoms with Crippen molar-refractivity contribution in [2.75, 3.05) is 0 Å². The number of hydrogen-bond donors (Lipinski definition) is 1. The van der Waals surface area contributed by atoms with Crippen LogP contribution < -0.4 is 0 Å². The maximum absolute atomic E-state index is 13.8. The normalized spacial score (nSPS) is 15.6. The second-order valence-corrected chi connectivity index (χ2v) is 6.14. The summed E-state index contributed by atoms with van der Waals surface area (Å²) in [6.45, 7) is 1.51. The molecule has 1 aromatic carbocycles. The molecule has 100 valence electrons. The van der Waals surface area contributed by atoms with Gasteiger partial charge in [-0.25, -0.2) is 8.78 Å². The van der Waals surface area contributed by atoms with E-state index in [9.17, 15) is 13.9 Å². The van der Waals surface area contributed by atoms with Crippen molar-refractivity contribution in [2.45, 2.75) is 32.3 Å². The molecule has 0 spiro atoms. The predicted molar refractivity (Wildman–Crippen MR) is 71.5 cm³/mol. The lowest BCUT2D eigenvalue weighted by Crippen LogP contribution is -2.03. The summed E-state index contributed by atoms with van der Waals surface area (Å²) in [5, 5.41) is 10.2. The fourth-order valence-corrected chi connectivity index (χ4v) is 3.77. The van der Waals surface area contributed by atoms with Gasteiger partial charge in [-0.3, -0.25) is 0 Å². The highest BCUT2D eigenvalue weighted by Gasteiger charge is 2.22. The van der Waals surface area contributed by atoms with Crippen LogP contribution in [0, 0.1) is 18.6 Å². The van der Waals surface area contributed by atoms with E-state index >= 15 is 0 Å². The Labute approximate surface area is 114 Å². The van der Waals surface area contributed by atoms with Gasteiger partial charge >= 0.3 is 0 Å². The molecule has 1 N–H and O–H groups in total. The van der Waals surface area contributed by atoms with Crippen molar-refractivity contribution < 1.29 is 13.9 Å². The van der Waals surface area contributed by atoms with Crippen LogP contribution in [0.25, 0.3) is 0 Å². The van der Waals surface area contributed by atoms with E-state index in [1.807, 2.05) is 6.07 Å². The first kappa shape index (κ1) is 12.8. The monoisotopic (exact) mass is 280 g/mol. The van der Waals surface area contributed by atoms with E-state index < -0.39 is 17.7 Å². The molecule has 4 heteroatoms. The summed E-state index contributed by atoms with van der Waals surface area (Å²) < 4.78 is 27.4. The fourth-order valence-electron chi connectivity index (χ4n) is 2.51. The first-order valence-corrected chi connectivity index (χ1v) is 7.13. The van der Waals surface area contributed by atoms with Gasteiger partial charge in [0.15, 0.2) is 0 Å². The zero-order chi connectivity index (χ0) is 13.6. The van der Waals surface area contributed by atoms with Crippen molar-refractivity contribution in [3.8, 4) is 0 Å². The summed E-state index contributed by atoms with van der Waals surface area (Å²) in [7, 11) is 0. The van der Waals surface area contributed by atoms with Crippen molar-refractivity contribution in [3.05, 3.63) is 56.3 Å². The summed E-state index contributed by atoms with van der Waals surface area (Å²) in [6, 6.07) is 4.16. The van der Waals surface area contributed by atoms with Crippen LogP contribution in [0.4, 0.5) is 8.78 Å². The van der Waals surface area contributed by atoms with Crippen LogP contribution in [-0.4, -0.2) is 5.11 Å². The molecular weight excluding hydrogens is 266 g/mol. The molecule has 0 radical (unpaired) electrons. The van der Waals surface area contributed by atoms with Gasteiger partial charge in [-0.15, -0.1) is 11.3 Å². The number of halogens is 2. The van der Waals surface area contributed by atoms with Gasteiger partial charge in [0.05, 0.1) is 0 Å². The van der Waals surface area contributed by atoms with E-state index in [1.54, 1.807) is 0 Å². The summed E-state index contributed by atoms with van der Waals surface area (Å²) in [4.78, 5) is 1.97. The second kappa shape index (κ2) is 4.69. The lowest BCUT2D eigenvalue weighted by Gasteiger charge is -2.11. The molecule has 1 heterocycles. The van der Waals surface area contributed by atoms with Crippen LogP contribution in [0.5, 0.6) is 0 Å². The lowest BCUT2D eigenvalue weighted by atomic mass is 10.0. The van der Waals surface area contributed by atoms with Crippen molar-refractivity contribution >= 4 is 11.3 Å². The Balaban J connectivity index is 1.99. The van der Waals surface area contributed by atoms with Gasteiger partial charge < -0.3 is 5.11 Å². The maximum atomic E-state index is 13.8. The van der Waals surface area contributed by atoms with Gasteiger partial charge in [-0.1, -0.05) is 0 Å². The Morgan fingerprint density at radius 1 is 1.16 bits per heavy atom. The molecule has 1 nitrogen and oxygen atoms in total. The first-order chi connectivity index (χ1) is 9.06. The molecule has 0 saturated carbocycles. The standard InChI is InChI=1S/C15H14F2OS/c1-8-5-12(17)10(7-11(8)16)15(18)14-6-9-3-2-4-13(9)19-14/h5-7,15,18H,2-4H2,1H3. The van der Waals surface area contributed by atoms with E-state index in [2.05, 4.69) is 0 Å². The van der Waals surface area contributed by atoms with Crippen LogP contribution in [0.2, 0.25) is 0 Å². The fraction of sp³-hybridized carbons (Fsp3) is 0.333. The molecule has 0 saturated heterocycles. The molecule has 1 unspecified atom stereocenters. The molecule has 19 heavy (non-hydrogen) atoms. The predicted octanol–water partition coefficient (Wildman–Crippen LogP) is 3.91. The van der Waals surface area contributed by atoms with E-state index in [1.165, 1.54) is 28.7 Å². The summed E-state index contributed by atoms with van der Waals surface area (Å²) in [6.07, 6.45) is 2.11. The number of hydrogen-bond acceptors (Lipinski definition) is 2. The minimum absolute atomic E-state index is 0.0167. The Morgan fingerprint density at radius 3 is 2.68 bits per heavy atom.